The van der Waals surface area contributed by atoms with Gasteiger partial charge in [0.2, 0.25) is 6.43 Å². The second-order valence-electron chi connectivity index (χ2n) is 5.84. The number of hydrogen-bond donors (Lipinski definition) is 1. The van der Waals surface area contributed by atoms with Crippen LogP contribution in [-0.2, 0) is 13.0 Å². The number of rotatable bonds is 3. The molecule has 0 unspecified atom stereocenters. The smallest absolute Gasteiger partial charge is 0.244 e. The van der Waals surface area contributed by atoms with Gasteiger partial charge in [0.1, 0.15) is 5.82 Å². The Labute approximate surface area is 131 Å². The Kier molecular flexibility index (Phi) is 4.39. The Morgan fingerprint density at radius 3 is 2.78 bits per heavy atom. The number of imidazole rings is 1. The summed E-state index contributed by atoms with van der Waals surface area (Å²) >= 11 is 0. The molecule has 7 heteroatoms. The maximum atomic E-state index is 14.1. The zero-order chi connectivity index (χ0) is 16.6. The molecule has 1 aliphatic heterocycles. The van der Waals surface area contributed by atoms with Gasteiger partial charge in [-0.2, -0.15) is 0 Å². The van der Waals surface area contributed by atoms with E-state index in [9.17, 15) is 17.6 Å². The van der Waals surface area contributed by atoms with Gasteiger partial charge in [-0.15, -0.1) is 0 Å². The number of benzene rings is 1. The van der Waals surface area contributed by atoms with Crippen LogP contribution >= 0.6 is 0 Å². The van der Waals surface area contributed by atoms with E-state index >= 15 is 0 Å². The summed E-state index contributed by atoms with van der Waals surface area (Å²) in [5.74, 6) is -1.59. The molecule has 124 valence electrons. The van der Waals surface area contributed by atoms with Crippen molar-refractivity contribution in [3.05, 3.63) is 53.1 Å². The van der Waals surface area contributed by atoms with Gasteiger partial charge in [-0.1, -0.05) is 12.1 Å². The van der Waals surface area contributed by atoms with E-state index in [2.05, 4.69) is 4.98 Å². The third-order valence-corrected chi connectivity index (χ3v) is 4.31. The molecule has 0 fully saturated rings. The van der Waals surface area contributed by atoms with E-state index < -0.39 is 30.5 Å². The number of hydrogen-bond acceptors (Lipinski definition) is 2. The van der Waals surface area contributed by atoms with Crippen LogP contribution in [0.15, 0.2) is 24.4 Å². The van der Waals surface area contributed by atoms with E-state index in [1.54, 1.807) is 4.57 Å². The highest BCUT2D eigenvalue weighted by atomic mass is 19.3. The van der Waals surface area contributed by atoms with Gasteiger partial charge in [-0.3, -0.25) is 0 Å². The van der Waals surface area contributed by atoms with Gasteiger partial charge in [0.05, 0.1) is 12.5 Å². The number of halogens is 4. The molecule has 2 atom stereocenters. The lowest BCUT2D eigenvalue weighted by molar-refractivity contribution is 0.146. The van der Waals surface area contributed by atoms with Crippen molar-refractivity contribution in [1.82, 2.24) is 9.55 Å². The molecular formula is C16H17F4N3. The number of fused-ring (bicyclic) bond motifs is 1. The predicted molar refractivity (Wildman–Crippen MR) is 77.2 cm³/mol. The summed E-state index contributed by atoms with van der Waals surface area (Å²) < 4.78 is 54.6. The Balaban J connectivity index is 1.98. The lowest BCUT2D eigenvalue weighted by atomic mass is 9.93. The van der Waals surface area contributed by atoms with Crippen molar-refractivity contribution in [3.63, 3.8) is 0 Å². The van der Waals surface area contributed by atoms with E-state index in [0.717, 1.165) is 6.07 Å². The minimum absolute atomic E-state index is 0.252. The lowest BCUT2D eigenvalue weighted by Crippen LogP contribution is -2.17. The highest BCUT2D eigenvalue weighted by molar-refractivity contribution is 5.24. The fourth-order valence-electron chi connectivity index (χ4n) is 3.17. The van der Waals surface area contributed by atoms with Crippen LogP contribution in [0.5, 0.6) is 0 Å². The highest BCUT2D eigenvalue weighted by Crippen LogP contribution is 2.34. The summed E-state index contributed by atoms with van der Waals surface area (Å²) in [5.41, 5.74) is 6.68. The molecule has 1 aliphatic rings. The van der Waals surface area contributed by atoms with Gasteiger partial charge in [-0.05, 0) is 24.5 Å². The second kappa shape index (κ2) is 6.31. The summed E-state index contributed by atoms with van der Waals surface area (Å²) in [5, 5.41) is 0. The van der Waals surface area contributed by atoms with Crippen molar-refractivity contribution in [3.8, 4) is 0 Å². The fourth-order valence-corrected chi connectivity index (χ4v) is 3.17. The first-order chi connectivity index (χ1) is 11.0. The monoisotopic (exact) mass is 327 g/mol. The van der Waals surface area contributed by atoms with Crippen LogP contribution in [0.3, 0.4) is 0 Å². The van der Waals surface area contributed by atoms with Crippen LogP contribution in [0.2, 0.25) is 0 Å². The van der Waals surface area contributed by atoms with Gasteiger partial charge in [-0.25, -0.2) is 22.5 Å². The van der Waals surface area contributed by atoms with Crippen molar-refractivity contribution in [2.24, 2.45) is 5.73 Å². The highest BCUT2D eigenvalue weighted by Gasteiger charge is 2.28. The zero-order valence-corrected chi connectivity index (χ0v) is 12.4. The van der Waals surface area contributed by atoms with E-state index in [0.29, 0.717) is 24.4 Å². The molecule has 2 heterocycles. The van der Waals surface area contributed by atoms with Crippen molar-refractivity contribution in [1.29, 1.82) is 0 Å². The lowest BCUT2D eigenvalue weighted by Gasteiger charge is -2.18. The molecule has 2 N–H and O–H groups in total. The van der Waals surface area contributed by atoms with Crippen molar-refractivity contribution in [2.45, 2.75) is 44.2 Å². The molecule has 0 spiro atoms. The molecule has 3 rings (SSSR count). The summed E-state index contributed by atoms with van der Waals surface area (Å²) in [6.07, 6.45) is -0.464. The standard InChI is InChI=1S/C16H17F4N3/c17-12-3-1-2-11(15(12)20)9-4-5-13(21)16-22-7-10(6-14(18)19)23(16)8-9/h1-3,7,9,13-14H,4-6,8,21H2/t9-,13-/m1/s1. The number of alkyl halides is 2. The number of nitrogens with zero attached hydrogens (tertiary/aromatic N) is 2. The van der Waals surface area contributed by atoms with E-state index in [-0.39, 0.29) is 18.0 Å². The van der Waals surface area contributed by atoms with Crippen LogP contribution in [-0.4, -0.2) is 16.0 Å². The molecule has 23 heavy (non-hydrogen) atoms. The molecule has 0 bridgehead atoms. The minimum atomic E-state index is -2.50. The van der Waals surface area contributed by atoms with Gasteiger partial charge < -0.3 is 10.3 Å². The molecular weight excluding hydrogens is 310 g/mol. The van der Waals surface area contributed by atoms with Gasteiger partial charge in [0, 0.05) is 24.4 Å². The molecule has 1 aromatic heterocycles. The quantitative estimate of drug-likeness (QED) is 0.876. The summed E-state index contributed by atoms with van der Waals surface area (Å²) in [6.45, 7) is 0.269. The molecule has 0 radical (unpaired) electrons. The minimum Gasteiger partial charge on any atom is -0.330 e. The third-order valence-electron chi connectivity index (χ3n) is 4.31. The van der Waals surface area contributed by atoms with Crippen LogP contribution in [0.4, 0.5) is 17.6 Å². The largest absolute Gasteiger partial charge is 0.330 e. The molecule has 1 aromatic carbocycles. The van der Waals surface area contributed by atoms with Crippen molar-refractivity contribution >= 4 is 0 Å². The average molecular weight is 327 g/mol. The van der Waals surface area contributed by atoms with Crippen LogP contribution in [0, 0.1) is 11.6 Å². The maximum Gasteiger partial charge on any atom is 0.244 e. The van der Waals surface area contributed by atoms with Crippen LogP contribution in [0.25, 0.3) is 0 Å². The zero-order valence-electron chi connectivity index (χ0n) is 12.4. The van der Waals surface area contributed by atoms with Gasteiger partial charge in [0.25, 0.3) is 0 Å². The van der Waals surface area contributed by atoms with Crippen molar-refractivity contribution in [2.75, 3.05) is 0 Å². The molecule has 0 aliphatic carbocycles. The van der Waals surface area contributed by atoms with E-state index in [4.69, 9.17) is 5.73 Å². The third kappa shape index (κ3) is 3.10. The first-order valence-corrected chi connectivity index (χ1v) is 7.49. The van der Waals surface area contributed by atoms with Crippen molar-refractivity contribution < 1.29 is 17.6 Å². The van der Waals surface area contributed by atoms with Gasteiger partial charge >= 0.3 is 0 Å². The Bertz CT molecular complexity index is 699. The maximum absolute atomic E-state index is 14.1. The molecule has 0 saturated heterocycles. The summed E-state index contributed by atoms with van der Waals surface area (Å²) in [4.78, 5) is 4.16. The first kappa shape index (κ1) is 16.0. The van der Waals surface area contributed by atoms with Gasteiger partial charge in [0.15, 0.2) is 11.6 Å². The average Bonchev–Trinajstić information content (AvgIpc) is 2.80. The van der Waals surface area contributed by atoms with E-state index in [1.165, 1.54) is 18.3 Å². The Morgan fingerprint density at radius 1 is 1.26 bits per heavy atom. The normalized spacial score (nSPS) is 21.3. The molecule has 0 saturated carbocycles. The fraction of sp³-hybridized carbons (Fsp3) is 0.438. The van der Waals surface area contributed by atoms with Crippen LogP contribution in [0.1, 0.15) is 41.9 Å². The summed E-state index contributed by atoms with van der Waals surface area (Å²) in [6, 6.07) is 3.64. The summed E-state index contributed by atoms with van der Waals surface area (Å²) in [7, 11) is 0. The first-order valence-electron chi connectivity index (χ1n) is 7.49. The topological polar surface area (TPSA) is 43.8 Å². The second-order valence-corrected chi connectivity index (χ2v) is 5.84. The molecule has 3 nitrogen and oxygen atoms in total. The Hall–Kier alpha value is -1.89. The Morgan fingerprint density at radius 2 is 2.04 bits per heavy atom. The molecule has 0 amide bonds. The molecule has 2 aromatic rings. The van der Waals surface area contributed by atoms with Crippen LogP contribution < -0.4 is 5.73 Å². The predicted octanol–water partition coefficient (Wildman–Crippen LogP) is 3.55. The van der Waals surface area contributed by atoms with E-state index in [1.807, 2.05) is 0 Å². The number of aromatic nitrogens is 2. The number of nitrogens with two attached hydrogens (primary N) is 1. The SMILES string of the molecule is N[C@@H]1CC[C@@H](c2cccc(F)c2F)Cn2c(CC(F)F)cnc21.